The van der Waals surface area contributed by atoms with Crippen molar-refractivity contribution in [3.63, 3.8) is 0 Å². The van der Waals surface area contributed by atoms with Crippen LogP contribution in [0.4, 0.5) is 0 Å². The number of aromatic amines is 1. The number of nitrogens with zero attached hydrogens (tertiary/aromatic N) is 2. The summed E-state index contributed by atoms with van der Waals surface area (Å²) in [7, 11) is -3.11. The van der Waals surface area contributed by atoms with Crippen LogP contribution in [0.3, 0.4) is 0 Å². The molecule has 0 fully saturated rings. The van der Waals surface area contributed by atoms with Gasteiger partial charge < -0.3 is 11.1 Å². The van der Waals surface area contributed by atoms with Crippen molar-refractivity contribution in [3.8, 4) is 0 Å². The Kier molecular flexibility index (Phi) is 4.79. The summed E-state index contributed by atoms with van der Waals surface area (Å²) < 4.78 is 21.9. The summed E-state index contributed by atoms with van der Waals surface area (Å²) in [5.74, 6) is -0.0145. The summed E-state index contributed by atoms with van der Waals surface area (Å²) >= 11 is 0. The van der Waals surface area contributed by atoms with Gasteiger partial charge in [0.2, 0.25) is 5.91 Å². The summed E-state index contributed by atoms with van der Waals surface area (Å²) in [5, 5.41) is 8.92. The molecule has 0 aliphatic carbocycles. The van der Waals surface area contributed by atoms with Crippen LogP contribution in [0.2, 0.25) is 0 Å². The SMILES string of the molecule is CC(NC(=O)C(N)CCS(C)(=O)=O)c1ncn[nH]1. The minimum atomic E-state index is -3.11. The highest BCUT2D eigenvalue weighted by Crippen LogP contribution is 2.04. The molecule has 1 aromatic heterocycles. The monoisotopic (exact) mass is 275 g/mol. The highest BCUT2D eigenvalue weighted by atomic mass is 32.2. The van der Waals surface area contributed by atoms with E-state index in [1.54, 1.807) is 6.92 Å². The lowest BCUT2D eigenvalue weighted by molar-refractivity contribution is -0.123. The van der Waals surface area contributed by atoms with Crippen molar-refractivity contribution in [3.05, 3.63) is 12.2 Å². The molecule has 0 aromatic carbocycles. The highest BCUT2D eigenvalue weighted by Gasteiger charge is 2.19. The first kappa shape index (κ1) is 14.6. The molecule has 1 heterocycles. The van der Waals surface area contributed by atoms with Crippen LogP contribution in [0.5, 0.6) is 0 Å². The van der Waals surface area contributed by atoms with E-state index in [2.05, 4.69) is 20.5 Å². The van der Waals surface area contributed by atoms with Crippen LogP contribution in [0.15, 0.2) is 6.33 Å². The molecule has 2 unspecified atom stereocenters. The molecule has 0 saturated heterocycles. The maximum absolute atomic E-state index is 11.7. The zero-order valence-corrected chi connectivity index (χ0v) is 11.1. The number of hydrogen-bond acceptors (Lipinski definition) is 6. The largest absolute Gasteiger partial charge is 0.345 e. The number of H-pyrrole nitrogens is 1. The Labute approximate surface area is 105 Å². The summed E-state index contributed by atoms with van der Waals surface area (Å²) in [6, 6.07) is -1.21. The second kappa shape index (κ2) is 5.91. The lowest BCUT2D eigenvalue weighted by Gasteiger charge is -2.15. The van der Waals surface area contributed by atoms with Crippen molar-refractivity contribution in [1.82, 2.24) is 20.5 Å². The highest BCUT2D eigenvalue weighted by molar-refractivity contribution is 7.90. The summed E-state index contributed by atoms with van der Waals surface area (Å²) in [6.45, 7) is 1.72. The third kappa shape index (κ3) is 4.80. The number of carbonyl (C=O) groups is 1. The molecule has 0 saturated carbocycles. The van der Waals surface area contributed by atoms with Crippen molar-refractivity contribution < 1.29 is 13.2 Å². The van der Waals surface area contributed by atoms with E-state index in [0.29, 0.717) is 5.82 Å². The van der Waals surface area contributed by atoms with Crippen LogP contribution in [0.25, 0.3) is 0 Å². The van der Waals surface area contributed by atoms with E-state index < -0.39 is 21.8 Å². The lowest BCUT2D eigenvalue weighted by atomic mass is 10.2. The van der Waals surface area contributed by atoms with Gasteiger partial charge in [-0.25, -0.2) is 13.4 Å². The van der Waals surface area contributed by atoms with E-state index in [-0.39, 0.29) is 18.2 Å². The van der Waals surface area contributed by atoms with Gasteiger partial charge in [0.1, 0.15) is 22.0 Å². The van der Waals surface area contributed by atoms with Crippen molar-refractivity contribution in [2.24, 2.45) is 5.73 Å². The number of sulfone groups is 1. The molecule has 1 amide bonds. The van der Waals surface area contributed by atoms with Crippen LogP contribution in [0, 0.1) is 0 Å². The normalized spacial score (nSPS) is 15.1. The molecule has 0 radical (unpaired) electrons. The third-order valence-corrected chi connectivity index (χ3v) is 3.32. The maximum atomic E-state index is 11.7. The lowest BCUT2D eigenvalue weighted by Crippen LogP contribution is -2.42. The number of hydrogen-bond donors (Lipinski definition) is 3. The van der Waals surface area contributed by atoms with Gasteiger partial charge in [0.15, 0.2) is 0 Å². The van der Waals surface area contributed by atoms with Gasteiger partial charge in [-0.05, 0) is 13.3 Å². The second-order valence-corrected chi connectivity index (χ2v) is 6.39. The van der Waals surface area contributed by atoms with Gasteiger partial charge >= 0.3 is 0 Å². The molecular formula is C9H17N5O3S. The average Bonchev–Trinajstić information content (AvgIpc) is 2.77. The van der Waals surface area contributed by atoms with Gasteiger partial charge in [-0.3, -0.25) is 9.89 Å². The van der Waals surface area contributed by atoms with Crippen molar-refractivity contribution in [2.45, 2.75) is 25.4 Å². The van der Waals surface area contributed by atoms with Gasteiger partial charge in [-0.15, -0.1) is 0 Å². The number of carbonyl (C=O) groups excluding carboxylic acids is 1. The van der Waals surface area contributed by atoms with E-state index in [0.717, 1.165) is 6.26 Å². The Morgan fingerprint density at radius 2 is 2.28 bits per heavy atom. The molecule has 8 nitrogen and oxygen atoms in total. The molecule has 0 bridgehead atoms. The number of nitrogens with two attached hydrogens (primary N) is 1. The Morgan fingerprint density at radius 1 is 1.61 bits per heavy atom. The molecule has 0 aliphatic rings. The van der Waals surface area contributed by atoms with Crippen LogP contribution in [-0.4, -0.2) is 47.6 Å². The fraction of sp³-hybridized carbons (Fsp3) is 0.667. The molecular weight excluding hydrogens is 258 g/mol. The quantitative estimate of drug-likeness (QED) is 0.594. The number of aromatic nitrogens is 3. The van der Waals surface area contributed by atoms with Crippen LogP contribution in [0.1, 0.15) is 25.2 Å². The van der Waals surface area contributed by atoms with Gasteiger partial charge in [-0.2, -0.15) is 5.10 Å². The fourth-order valence-electron chi connectivity index (χ4n) is 1.28. The minimum Gasteiger partial charge on any atom is -0.345 e. The van der Waals surface area contributed by atoms with Crippen LogP contribution >= 0.6 is 0 Å². The zero-order chi connectivity index (χ0) is 13.8. The van der Waals surface area contributed by atoms with Gasteiger partial charge in [0.05, 0.1) is 17.8 Å². The van der Waals surface area contributed by atoms with E-state index in [1.165, 1.54) is 6.33 Å². The number of amides is 1. The summed E-state index contributed by atoms with van der Waals surface area (Å²) in [6.07, 6.45) is 2.53. The zero-order valence-electron chi connectivity index (χ0n) is 10.3. The van der Waals surface area contributed by atoms with E-state index in [9.17, 15) is 13.2 Å². The first-order chi connectivity index (χ1) is 8.29. The van der Waals surface area contributed by atoms with E-state index in [4.69, 9.17) is 5.73 Å². The molecule has 9 heteroatoms. The maximum Gasteiger partial charge on any atom is 0.237 e. The predicted octanol–water partition coefficient (Wildman–Crippen LogP) is -1.26. The second-order valence-electron chi connectivity index (χ2n) is 4.13. The van der Waals surface area contributed by atoms with Crippen molar-refractivity contribution in [2.75, 3.05) is 12.0 Å². The molecule has 0 aliphatic heterocycles. The summed E-state index contributed by atoms with van der Waals surface area (Å²) in [5.41, 5.74) is 5.60. The predicted molar refractivity (Wildman–Crippen MR) is 65.2 cm³/mol. The molecule has 102 valence electrons. The molecule has 2 atom stereocenters. The molecule has 1 aromatic rings. The Hall–Kier alpha value is -1.48. The first-order valence-corrected chi connectivity index (χ1v) is 7.44. The first-order valence-electron chi connectivity index (χ1n) is 5.38. The Bertz CT molecular complexity index is 484. The molecule has 18 heavy (non-hydrogen) atoms. The van der Waals surface area contributed by atoms with Crippen LogP contribution < -0.4 is 11.1 Å². The average molecular weight is 275 g/mol. The minimum absolute atomic E-state index is 0.0911. The standard InChI is InChI=1S/C9H17N5O3S/c1-6(8-11-5-12-14-8)13-9(15)7(10)3-4-18(2,16)17/h5-7H,3-4,10H2,1-2H3,(H,13,15)(H,11,12,14). The number of nitrogens with one attached hydrogen (secondary N) is 2. The topological polar surface area (TPSA) is 131 Å². The van der Waals surface area contributed by atoms with Crippen LogP contribution in [-0.2, 0) is 14.6 Å². The van der Waals surface area contributed by atoms with Gasteiger partial charge in [0, 0.05) is 6.26 Å². The van der Waals surface area contributed by atoms with Gasteiger partial charge in [0.25, 0.3) is 0 Å². The van der Waals surface area contributed by atoms with Gasteiger partial charge in [-0.1, -0.05) is 0 Å². The van der Waals surface area contributed by atoms with Crippen molar-refractivity contribution in [1.29, 1.82) is 0 Å². The fourth-order valence-corrected chi connectivity index (χ4v) is 1.97. The summed E-state index contributed by atoms with van der Waals surface area (Å²) in [4.78, 5) is 15.6. The Balaban J connectivity index is 2.45. The van der Waals surface area contributed by atoms with E-state index in [1.807, 2.05) is 0 Å². The Morgan fingerprint density at radius 3 is 2.78 bits per heavy atom. The molecule has 0 spiro atoms. The third-order valence-electron chi connectivity index (χ3n) is 2.34. The smallest absolute Gasteiger partial charge is 0.237 e. The van der Waals surface area contributed by atoms with Crippen molar-refractivity contribution >= 4 is 15.7 Å². The number of rotatable bonds is 6. The molecule has 4 N–H and O–H groups in total. The molecule has 1 rings (SSSR count). The van der Waals surface area contributed by atoms with E-state index >= 15 is 0 Å².